The van der Waals surface area contributed by atoms with E-state index in [1.165, 1.54) is 6.26 Å². The fourth-order valence-corrected chi connectivity index (χ4v) is 2.80. The second-order valence-electron chi connectivity index (χ2n) is 6.12. The highest BCUT2D eigenvalue weighted by molar-refractivity contribution is 5.95. The highest BCUT2D eigenvalue weighted by Crippen LogP contribution is 2.21. The van der Waals surface area contributed by atoms with Gasteiger partial charge in [-0.05, 0) is 36.2 Å². The van der Waals surface area contributed by atoms with Gasteiger partial charge < -0.3 is 20.0 Å². The van der Waals surface area contributed by atoms with Gasteiger partial charge in [0.05, 0.1) is 25.8 Å². The lowest BCUT2D eigenvalue weighted by Gasteiger charge is -2.15. The zero-order chi connectivity index (χ0) is 18.4. The van der Waals surface area contributed by atoms with Crippen LogP contribution in [0.1, 0.15) is 24.2 Å². The van der Waals surface area contributed by atoms with Gasteiger partial charge in [-0.3, -0.25) is 14.4 Å². The summed E-state index contributed by atoms with van der Waals surface area (Å²) in [6, 6.07) is 10.9. The van der Waals surface area contributed by atoms with Crippen molar-refractivity contribution in [3.63, 3.8) is 0 Å². The zero-order valence-electron chi connectivity index (χ0n) is 14.4. The van der Waals surface area contributed by atoms with Crippen LogP contribution in [0.3, 0.4) is 0 Å². The van der Waals surface area contributed by atoms with Crippen LogP contribution in [0.4, 0.5) is 5.69 Å². The molecule has 0 saturated carbocycles. The van der Waals surface area contributed by atoms with Gasteiger partial charge in [-0.25, -0.2) is 0 Å². The largest absolute Gasteiger partial charge is 0.467 e. The average molecular weight is 355 g/mol. The Hall–Kier alpha value is -3.09. The van der Waals surface area contributed by atoms with Crippen LogP contribution in [0, 0.1) is 0 Å². The summed E-state index contributed by atoms with van der Waals surface area (Å²) in [5, 5.41) is 5.25. The van der Waals surface area contributed by atoms with Crippen molar-refractivity contribution in [1.29, 1.82) is 0 Å². The van der Waals surface area contributed by atoms with E-state index < -0.39 is 0 Å². The molecule has 2 heterocycles. The van der Waals surface area contributed by atoms with Gasteiger partial charge in [-0.2, -0.15) is 0 Å². The van der Waals surface area contributed by atoms with Crippen molar-refractivity contribution in [3.8, 4) is 0 Å². The first kappa shape index (κ1) is 17.7. The van der Waals surface area contributed by atoms with Crippen molar-refractivity contribution in [2.75, 3.05) is 18.0 Å². The Morgan fingerprint density at radius 3 is 2.54 bits per heavy atom. The predicted octanol–water partition coefficient (Wildman–Crippen LogP) is 1.38. The van der Waals surface area contributed by atoms with E-state index in [2.05, 4.69) is 10.6 Å². The number of hydrogen-bond donors (Lipinski definition) is 2. The van der Waals surface area contributed by atoms with Crippen molar-refractivity contribution in [3.05, 3.63) is 54.0 Å². The Balaban J connectivity index is 1.41. The number of carbonyl (C=O) groups excluding carboxylic acids is 3. The molecule has 1 fully saturated rings. The fraction of sp³-hybridized carbons (Fsp3) is 0.316. The summed E-state index contributed by atoms with van der Waals surface area (Å²) in [4.78, 5) is 37.2. The standard InChI is InChI=1S/C19H21N3O4/c23-17(21-13-18(24)20-12-16-3-2-10-26-16)11-14-5-7-15(8-6-14)22-9-1-4-19(22)25/h2-3,5-8,10H,1,4,9,11-13H2,(H,20,24)(H,21,23). The van der Waals surface area contributed by atoms with Crippen LogP contribution in [-0.4, -0.2) is 30.8 Å². The predicted molar refractivity (Wildman–Crippen MR) is 95.3 cm³/mol. The lowest BCUT2D eigenvalue weighted by Crippen LogP contribution is -2.37. The van der Waals surface area contributed by atoms with E-state index in [4.69, 9.17) is 4.42 Å². The highest BCUT2D eigenvalue weighted by Gasteiger charge is 2.21. The van der Waals surface area contributed by atoms with Crippen molar-refractivity contribution < 1.29 is 18.8 Å². The monoisotopic (exact) mass is 355 g/mol. The van der Waals surface area contributed by atoms with Gasteiger partial charge in [0, 0.05) is 18.7 Å². The third-order valence-corrected chi connectivity index (χ3v) is 4.17. The number of hydrogen-bond acceptors (Lipinski definition) is 4. The molecule has 0 radical (unpaired) electrons. The molecule has 26 heavy (non-hydrogen) atoms. The molecule has 7 nitrogen and oxygen atoms in total. The van der Waals surface area contributed by atoms with Crippen LogP contribution in [0.5, 0.6) is 0 Å². The van der Waals surface area contributed by atoms with Crippen LogP contribution in [0.2, 0.25) is 0 Å². The van der Waals surface area contributed by atoms with Gasteiger partial charge in [0.25, 0.3) is 0 Å². The van der Waals surface area contributed by atoms with Crippen LogP contribution >= 0.6 is 0 Å². The van der Waals surface area contributed by atoms with Crippen molar-refractivity contribution in [2.45, 2.75) is 25.8 Å². The van der Waals surface area contributed by atoms with E-state index in [1.807, 2.05) is 24.3 Å². The number of benzene rings is 1. The van der Waals surface area contributed by atoms with Crippen LogP contribution in [0.25, 0.3) is 0 Å². The molecule has 2 N–H and O–H groups in total. The lowest BCUT2D eigenvalue weighted by molar-refractivity contribution is -0.125. The maximum absolute atomic E-state index is 12.0. The number of nitrogens with zero attached hydrogens (tertiary/aromatic N) is 1. The topological polar surface area (TPSA) is 91.7 Å². The molecule has 0 bridgehead atoms. The number of amides is 3. The molecule has 1 aromatic heterocycles. The van der Waals surface area contributed by atoms with E-state index in [1.54, 1.807) is 17.0 Å². The molecule has 3 rings (SSSR count). The van der Waals surface area contributed by atoms with Crippen molar-refractivity contribution >= 4 is 23.4 Å². The summed E-state index contributed by atoms with van der Waals surface area (Å²) in [6.07, 6.45) is 3.19. The molecule has 0 aliphatic carbocycles. The molecule has 1 aromatic carbocycles. The van der Waals surface area contributed by atoms with Gasteiger partial charge in [-0.15, -0.1) is 0 Å². The van der Waals surface area contributed by atoms with Gasteiger partial charge in [-0.1, -0.05) is 12.1 Å². The Kier molecular flexibility index (Phi) is 5.68. The molecular weight excluding hydrogens is 334 g/mol. The summed E-state index contributed by atoms with van der Waals surface area (Å²) >= 11 is 0. The smallest absolute Gasteiger partial charge is 0.239 e. The number of carbonyl (C=O) groups is 3. The molecule has 1 aliphatic heterocycles. The summed E-state index contributed by atoms with van der Waals surface area (Å²) in [5.74, 6) is 0.276. The molecule has 0 spiro atoms. The molecule has 0 atom stereocenters. The van der Waals surface area contributed by atoms with Gasteiger partial charge in [0.15, 0.2) is 0 Å². The minimum atomic E-state index is -0.280. The van der Waals surface area contributed by atoms with E-state index >= 15 is 0 Å². The first-order valence-corrected chi connectivity index (χ1v) is 8.57. The average Bonchev–Trinajstić information content (AvgIpc) is 3.30. The second-order valence-corrected chi connectivity index (χ2v) is 6.12. The molecule has 136 valence electrons. The molecule has 3 amide bonds. The Morgan fingerprint density at radius 2 is 1.88 bits per heavy atom. The lowest BCUT2D eigenvalue weighted by atomic mass is 10.1. The van der Waals surface area contributed by atoms with E-state index in [0.29, 0.717) is 18.7 Å². The second kappa shape index (κ2) is 8.33. The Bertz CT molecular complexity index is 769. The van der Waals surface area contributed by atoms with Gasteiger partial charge in [0.2, 0.25) is 17.7 Å². The van der Waals surface area contributed by atoms with E-state index in [9.17, 15) is 14.4 Å². The summed E-state index contributed by atoms with van der Waals surface area (Å²) < 4.78 is 5.12. The quantitative estimate of drug-likeness (QED) is 0.785. The van der Waals surface area contributed by atoms with Crippen molar-refractivity contribution in [1.82, 2.24) is 10.6 Å². The number of nitrogens with one attached hydrogen (secondary N) is 2. The van der Waals surface area contributed by atoms with E-state index in [-0.39, 0.29) is 30.7 Å². The highest BCUT2D eigenvalue weighted by atomic mass is 16.3. The Morgan fingerprint density at radius 1 is 1.08 bits per heavy atom. The maximum atomic E-state index is 12.0. The number of furan rings is 1. The molecule has 2 aromatic rings. The summed E-state index contributed by atoms with van der Waals surface area (Å²) in [6.45, 7) is 0.948. The molecule has 1 saturated heterocycles. The van der Waals surface area contributed by atoms with Crippen LogP contribution in [0.15, 0.2) is 47.1 Å². The molecule has 1 aliphatic rings. The third kappa shape index (κ3) is 4.72. The maximum Gasteiger partial charge on any atom is 0.239 e. The summed E-state index contributed by atoms with van der Waals surface area (Å²) in [5.41, 5.74) is 1.68. The minimum Gasteiger partial charge on any atom is -0.467 e. The molecule has 0 unspecified atom stereocenters. The third-order valence-electron chi connectivity index (χ3n) is 4.17. The van der Waals surface area contributed by atoms with Gasteiger partial charge in [0.1, 0.15) is 5.76 Å². The number of anilines is 1. The first-order chi connectivity index (χ1) is 12.6. The fourth-order valence-electron chi connectivity index (χ4n) is 2.80. The zero-order valence-corrected chi connectivity index (χ0v) is 14.4. The minimum absolute atomic E-state index is 0.0834. The van der Waals surface area contributed by atoms with Crippen LogP contribution < -0.4 is 15.5 Å². The Labute approximate surface area is 151 Å². The molecular formula is C19H21N3O4. The van der Waals surface area contributed by atoms with Crippen LogP contribution in [-0.2, 0) is 27.3 Å². The first-order valence-electron chi connectivity index (χ1n) is 8.57. The summed E-state index contributed by atoms with van der Waals surface area (Å²) in [7, 11) is 0. The van der Waals surface area contributed by atoms with E-state index in [0.717, 1.165) is 24.2 Å². The number of rotatable bonds is 7. The van der Waals surface area contributed by atoms with Gasteiger partial charge >= 0.3 is 0 Å². The SMILES string of the molecule is O=C(CNC(=O)Cc1ccc(N2CCCC2=O)cc1)NCc1ccco1. The van der Waals surface area contributed by atoms with Crippen molar-refractivity contribution in [2.24, 2.45) is 0 Å². The normalized spacial score (nSPS) is 13.7. The molecule has 7 heteroatoms.